The van der Waals surface area contributed by atoms with Gasteiger partial charge >= 0.3 is 5.97 Å². The standard InChI is InChI=1S/C48H75N3O6/c1-27(2)40-36(53)24-48(25-39(54)50-26-44(4,5)51-42(55)29-15-20-49-21-16-29)19-13-34-31(41(40)48)10-11-38-46(34,8)18-14-37-45(6,7)30(12-17-47(37,38)9)22-35(52)32-23-33(28(32)3)43(56)57/h27-34,37-38,49H,10-26H2,1-9H3,(H,50,54)(H,51,55)(H,56,57). The Hall–Kier alpha value is -2.55. The summed E-state index contributed by atoms with van der Waals surface area (Å²) in [5.74, 6) is 1.58. The molecule has 0 aromatic heterocycles. The maximum absolute atomic E-state index is 14.0. The number of carboxylic acids is 1. The van der Waals surface area contributed by atoms with Gasteiger partial charge < -0.3 is 21.1 Å². The van der Waals surface area contributed by atoms with Gasteiger partial charge in [0.15, 0.2) is 5.78 Å². The molecule has 0 radical (unpaired) electrons. The minimum Gasteiger partial charge on any atom is -0.481 e. The second-order valence-electron chi connectivity index (χ2n) is 22.6. The Bertz CT molecular complexity index is 1670. The third-order valence-corrected chi connectivity index (χ3v) is 18.3. The first-order chi connectivity index (χ1) is 26.6. The molecular weight excluding hydrogens is 715 g/mol. The lowest BCUT2D eigenvalue weighted by Gasteiger charge is -2.69. The van der Waals surface area contributed by atoms with Crippen LogP contribution in [0.15, 0.2) is 11.1 Å². The average Bonchev–Trinajstić information content (AvgIpc) is 3.43. The Morgan fingerprint density at radius 1 is 0.877 bits per heavy atom. The van der Waals surface area contributed by atoms with Gasteiger partial charge in [-0.25, -0.2) is 0 Å². The molecule has 11 atom stereocenters. The maximum Gasteiger partial charge on any atom is 0.306 e. The first kappa shape index (κ1) is 42.6. The highest BCUT2D eigenvalue weighted by atomic mass is 16.4. The number of amides is 2. The summed E-state index contributed by atoms with van der Waals surface area (Å²) in [4.78, 5) is 66.3. The summed E-state index contributed by atoms with van der Waals surface area (Å²) in [6, 6.07) is 0. The fourth-order valence-corrected chi connectivity index (χ4v) is 15.3. The van der Waals surface area contributed by atoms with Gasteiger partial charge in [0.2, 0.25) is 11.8 Å². The van der Waals surface area contributed by atoms with Gasteiger partial charge in [0.1, 0.15) is 5.78 Å². The van der Waals surface area contributed by atoms with E-state index in [1.807, 2.05) is 20.8 Å². The minimum absolute atomic E-state index is 0.00575. The summed E-state index contributed by atoms with van der Waals surface area (Å²) >= 11 is 0. The van der Waals surface area contributed by atoms with Crippen LogP contribution in [0.3, 0.4) is 0 Å². The number of carbonyl (C=O) groups is 5. The van der Waals surface area contributed by atoms with Crippen LogP contribution in [0, 0.1) is 80.8 Å². The van der Waals surface area contributed by atoms with E-state index < -0.39 is 16.9 Å². The lowest BCUT2D eigenvalue weighted by Crippen LogP contribution is -2.62. The van der Waals surface area contributed by atoms with Crippen LogP contribution >= 0.6 is 0 Å². The smallest absolute Gasteiger partial charge is 0.306 e. The highest BCUT2D eigenvalue weighted by molar-refractivity contribution is 6.01. The van der Waals surface area contributed by atoms with Gasteiger partial charge in [0.25, 0.3) is 0 Å². The number of nitrogens with one attached hydrogen (secondary N) is 3. The van der Waals surface area contributed by atoms with E-state index in [4.69, 9.17) is 0 Å². The van der Waals surface area contributed by atoms with E-state index in [1.54, 1.807) is 0 Å². The Kier molecular flexibility index (Phi) is 11.3. The predicted octanol–water partition coefficient (Wildman–Crippen LogP) is 7.91. The van der Waals surface area contributed by atoms with Gasteiger partial charge in [-0.1, -0.05) is 54.0 Å². The molecule has 11 unspecified atom stereocenters. The largest absolute Gasteiger partial charge is 0.481 e. The third kappa shape index (κ3) is 7.28. The first-order valence-corrected chi connectivity index (χ1v) is 23.0. The lowest BCUT2D eigenvalue weighted by atomic mass is 9.35. The molecule has 7 aliphatic rings. The van der Waals surface area contributed by atoms with Crippen molar-refractivity contribution in [3.63, 3.8) is 0 Å². The van der Waals surface area contributed by atoms with Crippen molar-refractivity contribution >= 4 is 29.4 Å². The van der Waals surface area contributed by atoms with Crippen molar-refractivity contribution in [3.8, 4) is 0 Å². The molecule has 0 aromatic rings. The fraction of sp³-hybridized carbons (Fsp3) is 0.854. The number of hydrogen-bond donors (Lipinski definition) is 4. The zero-order valence-electron chi connectivity index (χ0n) is 36.8. The number of Topliss-reactive ketones (excluding diaryl/α,β-unsaturated/α-hetero) is 2. The van der Waals surface area contributed by atoms with Crippen molar-refractivity contribution in [2.24, 2.45) is 80.8 Å². The summed E-state index contributed by atoms with van der Waals surface area (Å²) in [6.07, 6.45) is 12.1. The van der Waals surface area contributed by atoms with Crippen LogP contribution in [0.4, 0.5) is 0 Å². The van der Waals surface area contributed by atoms with Crippen LogP contribution < -0.4 is 16.0 Å². The molecule has 2 amide bonds. The Morgan fingerprint density at radius 2 is 1.56 bits per heavy atom. The highest BCUT2D eigenvalue weighted by Crippen LogP contribution is 2.74. The second-order valence-corrected chi connectivity index (χ2v) is 22.6. The van der Waals surface area contributed by atoms with Crippen LogP contribution in [0.2, 0.25) is 0 Å². The number of rotatable bonds is 11. The Morgan fingerprint density at radius 3 is 2.21 bits per heavy atom. The molecule has 0 spiro atoms. The SMILES string of the molecule is CC(C)C1=C2C3CCC4C(C)(CCC5C(C)(C)C(CC(=O)C6CC(C(=O)O)C6C)CCC54C)C3CCC2(CC(=O)NCC(C)(C)NC(=O)C2CCNCC2)CC1=O. The van der Waals surface area contributed by atoms with E-state index in [0.29, 0.717) is 61.8 Å². The van der Waals surface area contributed by atoms with Crippen LogP contribution in [-0.4, -0.2) is 59.6 Å². The summed E-state index contributed by atoms with van der Waals surface area (Å²) < 4.78 is 0. The van der Waals surface area contributed by atoms with E-state index in [9.17, 15) is 29.1 Å². The van der Waals surface area contributed by atoms with E-state index >= 15 is 0 Å². The molecule has 7 rings (SSSR count). The third-order valence-electron chi connectivity index (χ3n) is 18.3. The molecule has 1 heterocycles. The van der Waals surface area contributed by atoms with Gasteiger partial charge in [0.05, 0.1) is 11.5 Å². The number of piperidine rings is 1. The second kappa shape index (κ2) is 15.2. The van der Waals surface area contributed by atoms with Crippen molar-refractivity contribution in [2.75, 3.05) is 19.6 Å². The maximum atomic E-state index is 14.0. The normalized spacial score (nSPS) is 40.3. The van der Waals surface area contributed by atoms with Crippen LogP contribution in [0.25, 0.3) is 0 Å². The average molecular weight is 790 g/mol. The molecule has 5 saturated carbocycles. The van der Waals surface area contributed by atoms with Crippen molar-refractivity contribution in [3.05, 3.63) is 11.1 Å². The molecule has 9 nitrogen and oxygen atoms in total. The van der Waals surface area contributed by atoms with E-state index in [1.165, 1.54) is 5.57 Å². The number of carboxylic acid groups (broad SMARTS) is 1. The molecule has 4 N–H and O–H groups in total. The van der Waals surface area contributed by atoms with Gasteiger partial charge in [-0.3, -0.25) is 24.0 Å². The molecular formula is C48H75N3O6. The number of aliphatic carboxylic acids is 1. The van der Waals surface area contributed by atoms with Gasteiger partial charge in [-0.05, 0) is 161 Å². The van der Waals surface area contributed by atoms with E-state index in [-0.39, 0.29) is 69.2 Å². The van der Waals surface area contributed by atoms with Gasteiger partial charge in [-0.2, -0.15) is 0 Å². The molecule has 0 aromatic carbocycles. The Balaban J connectivity index is 1.05. The van der Waals surface area contributed by atoms with Crippen molar-refractivity contribution in [1.29, 1.82) is 0 Å². The first-order valence-electron chi connectivity index (χ1n) is 23.0. The number of hydrogen-bond acceptors (Lipinski definition) is 6. The molecule has 0 bridgehead atoms. The molecule has 9 heteroatoms. The molecule has 1 aliphatic heterocycles. The minimum atomic E-state index is -0.767. The van der Waals surface area contributed by atoms with Gasteiger partial charge in [0, 0.05) is 43.1 Å². The summed E-state index contributed by atoms with van der Waals surface area (Å²) in [7, 11) is 0. The fourth-order valence-electron chi connectivity index (χ4n) is 15.3. The molecule has 6 fully saturated rings. The molecule has 318 valence electrons. The van der Waals surface area contributed by atoms with Crippen molar-refractivity contribution in [2.45, 2.75) is 158 Å². The number of fused-ring (bicyclic) bond motifs is 7. The van der Waals surface area contributed by atoms with Crippen molar-refractivity contribution in [1.82, 2.24) is 16.0 Å². The van der Waals surface area contributed by atoms with Crippen LogP contribution in [-0.2, 0) is 24.0 Å². The Labute approximate surface area is 342 Å². The van der Waals surface area contributed by atoms with Crippen molar-refractivity contribution < 1.29 is 29.1 Å². The van der Waals surface area contributed by atoms with Crippen LogP contribution in [0.1, 0.15) is 152 Å². The summed E-state index contributed by atoms with van der Waals surface area (Å²) in [6.45, 7) is 22.3. The zero-order valence-corrected chi connectivity index (χ0v) is 36.8. The van der Waals surface area contributed by atoms with Gasteiger partial charge in [-0.15, -0.1) is 0 Å². The zero-order chi connectivity index (χ0) is 41.5. The lowest BCUT2D eigenvalue weighted by molar-refractivity contribution is -0.193. The number of ketones is 2. The summed E-state index contributed by atoms with van der Waals surface area (Å²) in [5, 5.41) is 19.3. The molecule has 6 aliphatic carbocycles. The topological polar surface area (TPSA) is 142 Å². The number of carbonyl (C=O) groups excluding carboxylic acids is 4. The molecule has 57 heavy (non-hydrogen) atoms. The highest BCUT2D eigenvalue weighted by Gasteiger charge is 2.66. The quantitative estimate of drug-likeness (QED) is 0.167. The predicted molar refractivity (Wildman–Crippen MR) is 222 cm³/mol. The monoisotopic (exact) mass is 790 g/mol. The number of allylic oxidation sites excluding steroid dienone is 2. The molecule has 1 saturated heterocycles. The van der Waals surface area contributed by atoms with Crippen LogP contribution in [0.5, 0.6) is 0 Å². The van der Waals surface area contributed by atoms with E-state index in [2.05, 4.69) is 57.5 Å². The van der Waals surface area contributed by atoms with E-state index in [0.717, 1.165) is 82.9 Å². The summed E-state index contributed by atoms with van der Waals surface area (Å²) in [5.41, 5.74) is 1.67.